The van der Waals surface area contributed by atoms with Crippen molar-refractivity contribution in [3.63, 3.8) is 0 Å². The maximum Gasteiger partial charge on any atom is 0.472 e. The van der Waals surface area contributed by atoms with E-state index >= 15 is 0 Å². The molecule has 0 radical (unpaired) electrons. The van der Waals surface area contributed by atoms with Crippen LogP contribution in [0.3, 0.4) is 0 Å². The van der Waals surface area contributed by atoms with Crippen molar-refractivity contribution in [2.24, 2.45) is 5.73 Å². The second-order valence-corrected chi connectivity index (χ2v) is 20.2. The molecule has 0 aromatic heterocycles. The molecule has 0 fully saturated rings. The Morgan fingerprint density at radius 3 is 1.03 bits per heavy atom. The van der Waals surface area contributed by atoms with Gasteiger partial charge in [-0.3, -0.25) is 18.6 Å². The van der Waals surface area contributed by atoms with Gasteiger partial charge < -0.3 is 20.1 Å². The van der Waals surface area contributed by atoms with Crippen LogP contribution in [0.15, 0.2) is 146 Å². The first-order chi connectivity index (χ1) is 36.8. The second kappa shape index (κ2) is 59.1. The summed E-state index contributed by atoms with van der Waals surface area (Å²) in [4.78, 5) is 35.2. The van der Waals surface area contributed by atoms with Crippen molar-refractivity contribution in [3.05, 3.63) is 146 Å². The zero-order valence-electron chi connectivity index (χ0n) is 47.2. The number of rotatable bonds is 53. The summed E-state index contributed by atoms with van der Waals surface area (Å²) in [5.74, 6) is -0.869. The smallest absolute Gasteiger partial charge is 0.462 e. The molecule has 0 spiro atoms. The molecule has 0 aliphatic carbocycles. The number of unbranched alkanes of at least 4 members (excludes halogenated alkanes) is 16. The number of hydrogen-bond acceptors (Lipinski definition) is 8. The summed E-state index contributed by atoms with van der Waals surface area (Å²) >= 11 is 0. The zero-order chi connectivity index (χ0) is 54.5. The van der Waals surface area contributed by atoms with E-state index < -0.39 is 32.5 Å². The van der Waals surface area contributed by atoms with Crippen molar-refractivity contribution in [3.8, 4) is 0 Å². The van der Waals surface area contributed by atoms with Gasteiger partial charge in [0.25, 0.3) is 0 Å². The summed E-state index contributed by atoms with van der Waals surface area (Å²) in [7, 11) is -4.41. The minimum absolute atomic E-state index is 0.0414. The normalized spacial score (nSPS) is 14.1. The lowest BCUT2D eigenvalue weighted by Crippen LogP contribution is -2.29. The molecule has 2 unspecified atom stereocenters. The monoisotopic (exact) mass is 1060 g/mol. The zero-order valence-corrected chi connectivity index (χ0v) is 48.1. The highest BCUT2D eigenvalue weighted by molar-refractivity contribution is 7.47. The van der Waals surface area contributed by atoms with Crippen molar-refractivity contribution < 1.29 is 37.6 Å². The van der Waals surface area contributed by atoms with Gasteiger partial charge in [0.2, 0.25) is 0 Å². The molecule has 0 rings (SSSR count). The molecule has 75 heavy (non-hydrogen) atoms. The van der Waals surface area contributed by atoms with E-state index in [2.05, 4.69) is 160 Å². The second-order valence-electron chi connectivity index (χ2n) is 18.7. The summed E-state index contributed by atoms with van der Waals surface area (Å²) in [6.45, 7) is 3.47. The minimum atomic E-state index is -4.41. The number of phosphoric ester groups is 1. The molecular formula is C65H106NO8P. The van der Waals surface area contributed by atoms with E-state index in [0.29, 0.717) is 12.8 Å². The molecule has 0 heterocycles. The molecule has 0 aromatic rings. The van der Waals surface area contributed by atoms with E-state index in [-0.39, 0.29) is 32.6 Å². The molecule has 0 saturated carbocycles. The fourth-order valence-electron chi connectivity index (χ4n) is 7.47. The molecule has 0 aliphatic heterocycles. The number of esters is 2. The lowest BCUT2D eigenvalue weighted by atomic mass is 10.0. The standard InChI is InChI=1S/C65H106NO8P/c1-3-5-7-9-11-13-15-17-19-21-23-25-27-28-29-30-31-32-33-34-36-38-40-42-44-46-48-50-52-54-56-58-65(68)74-63(62-73-75(69,70)72-60-59-66)61-71-64(67)57-55-53-51-49-47-45-43-41-39-37-35-26-24-22-20-18-16-14-12-10-8-6-4-2/h5-8,11-14,17-20,23-26,28-29,31-32,37,39,43,45,63H,3-4,9-10,15-16,21-22,27,30,33-36,38,40-42,44,46-62,66H2,1-2H3,(H,69,70)/b7-5-,8-6-,13-11-,14-12-,19-17-,20-18-,25-23-,26-24-,29-28-,32-31-,39-37-,45-43-. The van der Waals surface area contributed by atoms with Crippen LogP contribution in [0.4, 0.5) is 0 Å². The van der Waals surface area contributed by atoms with Crippen LogP contribution in [0.25, 0.3) is 0 Å². The van der Waals surface area contributed by atoms with Crippen LogP contribution in [0, 0.1) is 0 Å². The Morgan fingerprint density at radius 2 is 0.693 bits per heavy atom. The van der Waals surface area contributed by atoms with E-state index in [1.807, 2.05) is 0 Å². The Hall–Kier alpha value is -4.11. The highest BCUT2D eigenvalue weighted by Gasteiger charge is 2.26. The molecule has 424 valence electrons. The molecular weight excluding hydrogens is 954 g/mol. The van der Waals surface area contributed by atoms with Crippen molar-refractivity contribution >= 4 is 19.8 Å². The highest BCUT2D eigenvalue weighted by atomic mass is 31.2. The molecule has 0 saturated heterocycles. The molecule has 0 aromatic carbocycles. The van der Waals surface area contributed by atoms with Gasteiger partial charge >= 0.3 is 19.8 Å². The Bertz CT molecular complexity index is 1730. The summed E-state index contributed by atoms with van der Waals surface area (Å²) in [5.41, 5.74) is 5.38. The predicted molar refractivity (Wildman–Crippen MR) is 320 cm³/mol. The third-order valence-electron chi connectivity index (χ3n) is 11.7. The molecule has 2 atom stereocenters. The minimum Gasteiger partial charge on any atom is -0.462 e. The van der Waals surface area contributed by atoms with Gasteiger partial charge in [-0.05, 0) is 116 Å². The van der Waals surface area contributed by atoms with E-state index in [4.69, 9.17) is 24.3 Å². The number of carbonyl (C=O) groups excluding carboxylic acids is 2. The van der Waals surface area contributed by atoms with Crippen LogP contribution >= 0.6 is 7.82 Å². The lowest BCUT2D eigenvalue weighted by Gasteiger charge is -2.19. The van der Waals surface area contributed by atoms with E-state index in [1.165, 1.54) is 57.8 Å². The third-order valence-corrected chi connectivity index (χ3v) is 12.7. The highest BCUT2D eigenvalue weighted by Crippen LogP contribution is 2.43. The molecule has 0 amide bonds. The van der Waals surface area contributed by atoms with Crippen molar-refractivity contribution in [2.45, 2.75) is 225 Å². The van der Waals surface area contributed by atoms with Gasteiger partial charge in [0.1, 0.15) is 6.61 Å². The maximum atomic E-state index is 12.7. The number of hydrogen-bond donors (Lipinski definition) is 2. The van der Waals surface area contributed by atoms with Crippen LogP contribution in [0.5, 0.6) is 0 Å². The molecule has 9 nitrogen and oxygen atoms in total. The van der Waals surface area contributed by atoms with Gasteiger partial charge in [-0.2, -0.15) is 0 Å². The first kappa shape index (κ1) is 70.9. The van der Waals surface area contributed by atoms with Crippen molar-refractivity contribution in [1.82, 2.24) is 0 Å². The average molecular weight is 1060 g/mol. The maximum absolute atomic E-state index is 12.7. The number of ether oxygens (including phenoxy) is 2. The van der Waals surface area contributed by atoms with Crippen LogP contribution in [-0.4, -0.2) is 49.3 Å². The SMILES string of the molecule is CC/C=C\C/C=C\C/C=C\C/C=C\C/C=C\C/C=C\CCCCCCCCCCCCCCC(=O)OC(COC(=O)CCCCCC/C=C\C/C=C\C/C=C\C/C=C\C/C=C\C/C=C\CC)COP(=O)(O)OCCN. The van der Waals surface area contributed by atoms with E-state index in [9.17, 15) is 19.0 Å². The third kappa shape index (κ3) is 59.0. The summed E-state index contributed by atoms with van der Waals surface area (Å²) in [6, 6.07) is 0. The summed E-state index contributed by atoms with van der Waals surface area (Å²) < 4.78 is 33.0. The molecule has 0 aliphatic rings. The van der Waals surface area contributed by atoms with Gasteiger partial charge in [0, 0.05) is 19.4 Å². The Kier molecular flexibility index (Phi) is 55.9. The predicted octanol–water partition coefficient (Wildman–Crippen LogP) is 18.7. The van der Waals surface area contributed by atoms with Crippen molar-refractivity contribution in [1.29, 1.82) is 0 Å². The molecule has 3 N–H and O–H groups in total. The summed E-state index contributed by atoms with van der Waals surface area (Å²) in [6.07, 6.45) is 84.7. The average Bonchev–Trinajstić information content (AvgIpc) is 3.40. The quantitative estimate of drug-likeness (QED) is 0.0264. The Balaban J connectivity index is 4.06. The number of nitrogens with two attached hydrogens (primary N) is 1. The Morgan fingerprint density at radius 1 is 0.400 bits per heavy atom. The fraction of sp³-hybridized carbons (Fsp3) is 0.600. The molecule has 0 bridgehead atoms. The van der Waals surface area contributed by atoms with E-state index in [0.717, 1.165) is 122 Å². The van der Waals surface area contributed by atoms with Crippen LogP contribution in [-0.2, 0) is 32.7 Å². The van der Waals surface area contributed by atoms with Gasteiger partial charge in [0.05, 0.1) is 13.2 Å². The topological polar surface area (TPSA) is 134 Å². The fourth-order valence-corrected chi connectivity index (χ4v) is 8.23. The van der Waals surface area contributed by atoms with Crippen molar-refractivity contribution in [2.75, 3.05) is 26.4 Å². The van der Waals surface area contributed by atoms with Gasteiger partial charge in [-0.25, -0.2) is 4.57 Å². The first-order valence-corrected chi connectivity index (χ1v) is 30.8. The van der Waals surface area contributed by atoms with Crippen LogP contribution < -0.4 is 5.73 Å². The largest absolute Gasteiger partial charge is 0.472 e. The number of phosphoric acid groups is 1. The van der Waals surface area contributed by atoms with Crippen LogP contribution in [0.1, 0.15) is 219 Å². The lowest BCUT2D eigenvalue weighted by molar-refractivity contribution is -0.161. The van der Waals surface area contributed by atoms with Gasteiger partial charge in [0.15, 0.2) is 6.10 Å². The van der Waals surface area contributed by atoms with Gasteiger partial charge in [-0.1, -0.05) is 237 Å². The van der Waals surface area contributed by atoms with Crippen LogP contribution in [0.2, 0.25) is 0 Å². The number of carbonyl (C=O) groups is 2. The first-order valence-electron chi connectivity index (χ1n) is 29.3. The number of allylic oxidation sites excluding steroid dienone is 24. The van der Waals surface area contributed by atoms with Gasteiger partial charge in [-0.15, -0.1) is 0 Å². The molecule has 10 heteroatoms. The summed E-state index contributed by atoms with van der Waals surface area (Å²) in [5, 5.41) is 0. The van der Waals surface area contributed by atoms with E-state index in [1.54, 1.807) is 0 Å². The Labute approximate surface area is 458 Å².